The van der Waals surface area contributed by atoms with E-state index in [9.17, 15) is 4.79 Å². The summed E-state index contributed by atoms with van der Waals surface area (Å²) in [6.07, 6.45) is 4.91. The summed E-state index contributed by atoms with van der Waals surface area (Å²) in [5.74, 6) is 2.50. The Morgan fingerprint density at radius 2 is 1.73 bits per heavy atom. The fourth-order valence-corrected chi connectivity index (χ4v) is 4.50. The summed E-state index contributed by atoms with van der Waals surface area (Å²) in [4.78, 5) is 19.4. The van der Waals surface area contributed by atoms with Crippen LogP contribution in [0.1, 0.15) is 43.0 Å². The van der Waals surface area contributed by atoms with Crippen molar-refractivity contribution in [2.45, 2.75) is 38.6 Å². The molecule has 30 heavy (non-hydrogen) atoms. The first-order valence-electron chi connectivity index (χ1n) is 11.0. The lowest BCUT2D eigenvalue weighted by Gasteiger charge is -2.37. The Kier molecular flexibility index (Phi) is 6.35. The van der Waals surface area contributed by atoms with Gasteiger partial charge >= 0.3 is 0 Å². The van der Waals surface area contributed by atoms with Gasteiger partial charge in [0.15, 0.2) is 11.6 Å². The third kappa shape index (κ3) is 4.20. The highest BCUT2D eigenvalue weighted by atomic mass is 16.5. The number of methoxy groups -OCH3 is 1. The highest BCUT2D eigenvalue weighted by molar-refractivity contribution is 5.97. The molecule has 2 aromatic rings. The molecule has 160 valence electrons. The molecule has 0 radical (unpaired) electrons. The number of amides is 1. The lowest BCUT2D eigenvalue weighted by Crippen LogP contribution is -2.49. The third-order valence-electron chi connectivity index (χ3n) is 6.26. The molecule has 0 spiro atoms. The van der Waals surface area contributed by atoms with Gasteiger partial charge in [0.2, 0.25) is 0 Å². The first-order chi connectivity index (χ1) is 14.7. The number of rotatable bonds is 5. The molecule has 7 heteroatoms. The molecule has 4 rings (SSSR count). The molecule has 0 bridgehead atoms. The lowest BCUT2D eigenvalue weighted by molar-refractivity contribution is 0.0743. The second-order valence-corrected chi connectivity index (χ2v) is 7.98. The third-order valence-corrected chi connectivity index (χ3v) is 6.26. The highest BCUT2D eigenvalue weighted by Gasteiger charge is 2.26. The summed E-state index contributed by atoms with van der Waals surface area (Å²) in [5.41, 5.74) is 0.615. The predicted molar refractivity (Wildman–Crippen MR) is 118 cm³/mol. The highest BCUT2D eigenvalue weighted by Crippen LogP contribution is 2.26. The Bertz CT molecular complexity index is 849. The van der Waals surface area contributed by atoms with Crippen LogP contribution in [0.2, 0.25) is 0 Å². The van der Waals surface area contributed by atoms with Gasteiger partial charge in [-0.05, 0) is 49.9 Å². The topological polar surface area (TPSA) is 61.8 Å². The normalized spacial score (nSPS) is 19.7. The number of para-hydroxylation sites is 1. The van der Waals surface area contributed by atoms with Crippen LogP contribution in [-0.2, 0) is 0 Å². The number of piperazine rings is 1. The van der Waals surface area contributed by atoms with Crippen molar-refractivity contribution in [2.24, 2.45) is 0 Å². The van der Waals surface area contributed by atoms with Crippen LogP contribution < -0.4 is 14.5 Å². The van der Waals surface area contributed by atoms with Crippen LogP contribution in [0.5, 0.6) is 5.75 Å². The van der Waals surface area contributed by atoms with E-state index in [-0.39, 0.29) is 5.91 Å². The van der Waals surface area contributed by atoms with Crippen molar-refractivity contribution in [1.29, 1.82) is 0 Å². The van der Waals surface area contributed by atoms with Crippen LogP contribution in [0.3, 0.4) is 0 Å². The van der Waals surface area contributed by atoms with E-state index in [1.165, 1.54) is 19.3 Å². The molecular formula is C23H31N5O2. The molecule has 0 N–H and O–H groups in total. The maximum atomic E-state index is 12.9. The Morgan fingerprint density at radius 1 is 1.00 bits per heavy atom. The van der Waals surface area contributed by atoms with E-state index in [0.29, 0.717) is 30.4 Å². The Hall–Kier alpha value is -2.83. The number of hydrogen-bond donors (Lipinski definition) is 0. The second-order valence-electron chi connectivity index (χ2n) is 7.98. The number of nitrogens with zero attached hydrogens (tertiary/aromatic N) is 5. The number of carbonyl (C=O) groups excluding carboxylic acids is 1. The second kappa shape index (κ2) is 9.32. The molecule has 2 aliphatic rings. The summed E-state index contributed by atoms with van der Waals surface area (Å²) in [6.45, 7) is 6.12. The first-order valence-corrected chi connectivity index (χ1v) is 11.0. The SMILES string of the molecule is CCC1CCCCN1c1ccc(N2CCN(C(=O)c3ccccc3OC)CC2)nn1. The molecule has 1 aromatic carbocycles. The zero-order valence-electron chi connectivity index (χ0n) is 18.0. The molecule has 1 amide bonds. The Labute approximate surface area is 178 Å². The number of hydrogen-bond acceptors (Lipinski definition) is 6. The molecular weight excluding hydrogens is 378 g/mol. The van der Waals surface area contributed by atoms with Crippen LogP contribution >= 0.6 is 0 Å². The number of ether oxygens (including phenoxy) is 1. The molecule has 2 saturated heterocycles. The fraction of sp³-hybridized carbons (Fsp3) is 0.522. The van der Waals surface area contributed by atoms with Gasteiger partial charge in [-0.2, -0.15) is 0 Å². The number of carbonyl (C=O) groups is 1. The molecule has 2 aliphatic heterocycles. The standard InChI is InChI=1S/C23H31N5O2/c1-3-18-8-6-7-13-28(18)22-12-11-21(24-25-22)26-14-16-27(17-15-26)23(29)19-9-4-5-10-20(19)30-2/h4-5,9-12,18H,3,6-8,13-17H2,1-2H3. The molecule has 2 fully saturated rings. The molecule has 1 atom stereocenters. The maximum absolute atomic E-state index is 12.9. The predicted octanol–water partition coefficient (Wildman–Crippen LogP) is 3.22. The molecule has 1 unspecified atom stereocenters. The number of benzene rings is 1. The average Bonchev–Trinajstić information content (AvgIpc) is 2.83. The van der Waals surface area contributed by atoms with Gasteiger partial charge in [-0.15, -0.1) is 10.2 Å². The van der Waals surface area contributed by atoms with Crippen molar-refractivity contribution in [3.05, 3.63) is 42.0 Å². The number of piperidine rings is 1. The molecule has 1 aromatic heterocycles. The summed E-state index contributed by atoms with van der Waals surface area (Å²) in [5, 5.41) is 9.05. The van der Waals surface area contributed by atoms with Crippen molar-refractivity contribution in [3.8, 4) is 5.75 Å². The Morgan fingerprint density at radius 3 is 2.43 bits per heavy atom. The van der Waals surface area contributed by atoms with E-state index >= 15 is 0 Å². The van der Waals surface area contributed by atoms with E-state index in [4.69, 9.17) is 4.74 Å². The molecule has 0 aliphatic carbocycles. The van der Waals surface area contributed by atoms with E-state index < -0.39 is 0 Å². The number of anilines is 2. The van der Waals surface area contributed by atoms with Crippen LogP contribution in [0.25, 0.3) is 0 Å². The fourth-order valence-electron chi connectivity index (χ4n) is 4.50. The van der Waals surface area contributed by atoms with Crippen LogP contribution in [0.15, 0.2) is 36.4 Å². The lowest BCUT2D eigenvalue weighted by atomic mass is 10.0. The van der Waals surface area contributed by atoms with Gasteiger partial charge < -0.3 is 19.4 Å². The average molecular weight is 410 g/mol. The van der Waals surface area contributed by atoms with Crippen LogP contribution in [-0.4, -0.2) is 66.9 Å². The van der Waals surface area contributed by atoms with E-state index in [1.807, 2.05) is 29.2 Å². The maximum Gasteiger partial charge on any atom is 0.257 e. The molecule has 3 heterocycles. The van der Waals surface area contributed by atoms with Crippen molar-refractivity contribution in [1.82, 2.24) is 15.1 Å². The minimum Gasteiger partial charge on any atom is -0.496 e. The van der Waals surface area contributed by atoms with Gasteiger partial charge in [0.25, 0.3) is 5.91 Å². The van der Waals surface area contributed by atoms with Gasteiger partial charge in [0, 0.05) is 38.8 Å². The van der Waals surface area contributed by atoms with E-state index in [0.717, 1.165) is 37.7 Å². The van der Waals surface area contributed by atoms with E-state index in [2.05, 4.69) is 39.1 Å². The van der Waals surface area contributed by atoms with Crippen LogP contribution in [0.4, 0.5) is 11.6 Å². The first kappa shape index (κ1) is 20.4. The van der Waals surface area contributed by atoms with Crippen molar-refractivity contribution < 1.29 is 9.53 Å². The zero-order valence-corrected chi connectivity index (χ0v) is 18.0. The minimum absolute atomic E-state index is 0.0178. The molecule has 7 nitrogen and oxygen atoms in total. The Balaban J connectivity index is 1.38. The molecule has 0 saturated carbocycles. The minimum atomic E-state index is 0.0178. The van der Waals surface area contributed by atoms with Crippen molar-refractivity contribution in [3.63, 3.8) is 0 Å². The summed E-state index contributed by atoms with van der Waals surface area (Å²) in [7, 11) is 1.60. The smallest absolute Gasteiger partial charge is 0.257 e. The quantitative estimate of drug-likeness (QED) is 0.756. The van der Waals surface area contributed by atoms with Crippen LogP contribution in [0, 0.1) is 0 Å². The van der Waals surface area contributed by atoms with Gasteiger partial charge in [-0.1, -0.05) is 19.1 Å². The number of aromatic nitrogens is 2. The zero-order chi connectivity index (χ0) is 20.9. The van der Waals surface area contributed by atoms with E-state index in [1.54, 1.807) is 7.11 Å². The summed E-state index contributed by atoms with van der Waals surface area (Å²) >= 11 is 0. The van der Waals surface area contributed by atoms with Gasteiger partial charge in [0.1, 0.15) is 5.75 Å². The van der Waals surface area contributed by atoms with Crippen molar-refractivity contribution in [2.75, 3.05) is 49.6 Å². The van der Waals surface area contributed by atoms with Gasteiger partial charge in [-0.25, -0.2) is 0 Å². The monoisotopic (exact) mass is 409 g/mol. The summed E-state index contributed by atoms with van der Waals surface area (Å²) < 4.78 is 5.34. The largest absolute Gasteiger partial charge is 0.496 e. The van der Waals surface area contributed by atoms with Crippen molar-refractivity contribution >= 4 is 17.5 Å². The van der Waals surface area contributed by atoms with Gasteiger partial charge in [-0.3, -0.25) is 4.79 Å². The summed E-state index contributed by atoms with van der Waals surface area (Å²) in [6, 6.07) is 12.1. The van der Waals surface area contributed by atoms with Gasteiger partial charge in [0.05, 0.1) is 12.7 Å².